The van der Waals surface area contributed by atoms with Gasteiger partial charge in [-0.1, -0.05) is 36.4 Å². The zero-order valence-electron chi connectivity index (χ0n) is 17.0. The number of piperidine rings is 3. The maximum atomic E-state index is 13.1. The van der Waals surface area contributed by atoms with E-state index in [1.807, 2.05) is 23.1 Å². The highest BCUT2D eigenvalue weighted by Crippen LogP contribution is 2.42. The van der Waals surface area contributed by atoms with E-state index in [1.54, 1.807) is 12.1 Å². The van der Waals surface area contributed by atoms with Crippen LogP contribution in [0.1, 0.15) is 41.7 Å². The van der Waals surface area contributed by atoms with Crippen LogP contribution in [0.25, 0.3) is 0 Å². The van der Waals surface area contributed by atoms with Crippen molar-refractivity contribution in [2.24, 2.45) is 11.8 Å². The Kier molecular flexibility index (Phi) is 4.93. The van der Waals surface area contributed by atoms with Gasteiger partial charge in [0, 0.05) is 37.7 Å². The number of fused-ring (bicyclic) bond motifs is 4. The number of nitrogens with one attached hydrogen (secondary N) is 1. The van der Waals surface area contributed by atoms with Gasteiger partial charge in [-0.3, -0.25) is 14.4 Å². The number of hydrogen-bond acceptors (Lipinski definition) is 3. The van der Waals surface area contributed by atoms with Gasteiger partial charge in [0.1, 0.15) is 5.69 Å². The van der Waals surface area contributed by atoms with Crippen LogP contribution in [0.2, 0.25) is 0 Å². The summed E-state index contributed by atoms with van der Waals surface area (Å²) >= 11 is 0. The lowest BCUT2D eigenvalue weighted by Gasteiger charge is -2.56. The zero-order chi connectivity index (χ0) is 20.7. The lowest BCUT2D eigenvalue weighted by atomic mass is 9.70. The maximum Gasteiger partial charge on any atom is 0.270 e. The number of aromatic nitrogens is 1. The fraction of sp³-hybridized carbons (Fsp3) is 0.458. The Hall–Kier alpha value is -2.89. The third-order valence-electron chi connectivity index (χ3n) is 7.07. The van der Waals surface area contributed by atoms with Gasteiger partial charge < -0.3 is 14.8 Å². The van der Waals surface area contributed by atoms with Crippen molar-refractivity contribution in [2.45, 2.75) is 44.2 Å². The molecule has 3 aliphatic heterocycles. The summed E-state index contributed by atoms with van der Waals surface area (Å²) in [5.74, 6) is 0.714. The SMILES string of the molecule is O=C(c1cccc(=O)[nH]1)N1C[C@H]2C[C@@H](C1)[C@H](Cc1ccccc1)N1C(=O)CCC[C@@H]21. The van der Waals surface area contributed by atoms with Crippen molar-refractivity contribution in [1.82, 2.24) is 14.8 Å². The Bertz CT molecular complexity index is 1000. The molecule has 2 aromatic rings. The first-order valence-electron chi connectivity index (χ1n) is 10.9. The maximum absolute atomic E-state index is 13.1. The number of nitrogens with zero attached hydrogens (tertiary/aromatic N) is 2. The van der Waals surface area contributed by atoms with Gasteiger partial charge in [0.2, 0.25) is 11.5 Å². The number of carbonyl (C=O) groups is 2. The molecule has 0 spiro atoms. The molecule has 3 saturated heterocycles. The number of H-pyrrole nitrogens is 1. The van der Waals surface area contributed by atoms with Gasteiger partial charge in [0.05, 0.1) is 0 Å². The van der Waals surface area contributed by atoms with Gasteiger partial charge in [-0.15, -0.1) is 0 Å². The van der Waals surface area contributed by atoms with Crippen LogP contribution in [0, 0.1) is 11.8 Å². The molecule has 1 N–H and O–H groups in total. The molecule has 1 aromatic carbocycles. The molecule has 2 bridgehead atoms. The van der Waals surface area contributed by atoms with Gasteiger partial charge >= 0.3 is 0 Å². The summed E-state index contributed by atoms with van der Waals surface area (Å²) in [5, 5.41) is 0. The largest absolute Gasteiger partial charge is 0.337 e. The number of rotatable bonds is 3. The van der Waals surface area contributed by atoms with Crippen molar-refractivity contribution < 1.29 is 9.59 Å². The van der Waals surface area contributed by atoms with Gasteiger partial charge in [0.25, 0.3) is 5.91 Å². The van der Waals surface area contributed by atoms with Crippen LogP contribution in [-0.4, -0.2) is 51.8 Å². The molecule has 0 radical (unpaired) electrons. The first-order chi connectivity index (χ1) is 14.6. The molecule has 4 atom stereocenters. The summed E-state index contributed by atoms with van der Waals surface area (Å²) in [6.07, 6.45) is 4.46. The fourth-order valence-electron chi connectivity index (χ4n) is 5.80. The minimum Gasteiger partial charge on any atom is -0.337 e. The Morgan fingerprint density at radius 3 is 2.60 bits per heavy atom. The van der Waals surface area contributed by atoms with Crippen LogP contribution in [0.5, 0.6) is 0 Å². The minimum absolute atomic E-state index is 0.114. The Morgan fingerprint density at radius 1 is 1.00 bits per heavy atom. The monoisotopic (exact) mass is 405 g/mol. The molecule has 5 rings (SSSR count). The molecule has 2 amide bonds. The molecule has 4 heterocycles. The van der Waals surface area contributed by atoms with Crippen molar-refractivity contribution in [3.63, 3.8) is 0 Å². The number of hydrogen-bond donors (Lipinski definition) is 1. The van der Waals surface area contributed by atoms with Crippen LogP contribution in [0.15, 0.2) is 53.3 Å². The van der Waals surface area contributed by atoms with E-state index in [1.165, 1.54) is 11.6 Å². The summed E-state index contributed by atoms with van der Waals surface area (Å²) in [7, 11) is 0. The first-order valence-corrected chi connectivity index (χ1v) is 10.9. The van der Waals surface area contributed by atoms with Crippen molar-refractivity contribution >= 4 is 11.8 Å². The smallest absolute Gasteiger partial charge is 0.270 e. The standard InChI is InChI=1S/C24H27N3O3/c28-22-10-4-8-19(25-22)24(30)26-14-17-13-18(15-26)21(12-16-6-2-1-3-7-16)27-20(17)9-5-11-23(27)29/h1-4,6-8,10,17-18,20-21H,5,9,11-15H2,(H,25,28)/t17-,18+,20+,21+/m1/s1. The predicted molar refractivity (Wildman–Crippen MR) is 113 cm³/mol. The molecule has 30 heavy (non-hydrogen) atoms. The van der Waals surface area contributed by atoms with Crippen molar-refractivity contribution in [3.05, 3.63) is 70.1 Å². The molecule has 0 aliphatic carbocycles. The molecular formula is C24H27N3O3. The number of aromatic amines is 1. The Balaban J connectivity index is 1.45. The van der Waals surface area contributed by atoms with E-state index in [-0.39, 0.29) is 35.4 Å². The van der Waals surface area contributed by atoms with E-state index in [4.69, 9.17) is 0 Å². The average molecular weight is 405 g/mol. The van der Waals surface area contributed by atoms with Crippen LogP contribution in [-0.2, 0) is 11.2 Å². The Labute approximate surface area is 175 Å². The fourth-order valence-corrected chi connectivity index (χ4v) is 5.80. The predicted octanol–water partition coefficient (Wildman–Crippen LogP) is 2.46. The van der Waals surface area contributed by atoms with Crippen LogP contribution >= 0.6 is 0 Å². The number of carbonyl (C=O) groups excluding carboxylic acids is 2. The summed E-state index contributed by atoms with van der Waals surface area (Å²) in [6, 6.07) is 15.4. The summed E-state index contributed by atoms with van der Waals surface area (Å²) in [6.45, 7) is 1.28. The summed E-state index contributed by atoms with van der Waals surface area (Å²) in [4.78, 5) is 44.5. The highest BCUT2D eigenvalue weighted by molar-refractivity contribution is 5.92. The molecular weight excluding hydrogens is 378 g/mol. The topological polar surface area (TPSA) is 73.5 Å². The second-order valence-corrected chi connectivity index (χ2v) is 8.91. The van der Waals surface area contributed by atoms with E-state index in [9.17, 15) is 14.4 Å². The number of pyridine rings is 1. The van der Waals surface area contributed by atoms with Crippen LogP contribution in [0.4, 0.5) is 0 Å². The van der Waals surface area contributed by atoms with E-state index in [2.05, 4.69) is 22.0 Å². The summed E-state index contributed by atoms with van der Waals surface area (Å²) < 4.78 is 0. The zero-order valence-corrected chi connectivity index (χ0v) is 17.0. The molecule has 3 fully saturated rings. The Morgan fingerprint density at radius 2 is 1.80 bits per heavy atom. The van der Waals surface area contributed by atoms with Crippen molar-refractivity contribution in [3.8, 4) is 0 Å². The van der Waals surface area contributed by atoms with Gasteiger partial charge in [-0.25, -0.2) is 0 Å². The van der Waals surface area contributed by atoms with Crippen LogP contribution < -0.4 is 5.56 Å². The number of benzene rings is 1. The van der Waals surface area contributed by atoms with Crippen LogP contribution in [0.3, 0.4) is 0 Å². The molecule has 6 nitrogen and oxygen atoms in total. The third kappa shape index (κ3) is 3.44. The molecule has 1 aromatic heterocycles. The van der Waals surface area contributed by atoms with Crippen molar-refractivity contribution in [2.75, 3.05) is 13.1 Å². The minimum atomic E-state index is -0.260. The second-order valence-electron chi connectivity index (χ2n) is 8.91. The molecule has 0 unspecified atom stereocenters. The van der Waals surface area contributed by atoms with Gasteiger partial charge in [0.15, 0.2) is 0 Å². The second kappa shape index (κ2) is 7.74. The van der Waals surface area contributed by atoms with Gasteiger partial charge in [-0.05, 0) is 49.1 Å². The number of amides is 2. The van der Waals surface area contributed by atoms with E-state index < -0.39 is 0 Å². The quantitative estimate of drug-likeness (QED) is 0.853. The molecule has 6 heteroatoms. The lowest BCUT2D eigenvalue weighted by molar-refractivity contribution is -0.151. The van der Waals surface area contributed by atoms with E-state index in [0.29, 0.717) is 31.1 Å². The van der Waals surface area contributed by atoms with E-state index >= 15 is 0 Å². The number of likely N-dealkylation sites (tertiary alicyclic amines) is 1. The normalized spacial score (nSPS) is 28.2. The average Bonchev–Trinajstić information content (AvgIpc) is 2.77. The van der Waals surface area contributed by atoms with Gasteiger partial charge in [-0.2, -0.15) is 0 Å². The van der Waals surface area contributed by atoms with E-state index in [0.717, 1.165) is 25.7 Å². The first kappa shape index (κ1) is 19.1. The molecule has 0 saturated carbocycles. The molecule has 3 aliphatic rings. The highest BCUT2D eigenvalue weighted by Gasteiger charge is 2.50. The van der Waals surface area contributed by atoms with Crippen molar-refractivity contribution in [1.29, 1.82) is 0 Å². The lowest BCUT2D eigenvalue weighted by Crippen LogP contribution is -2.66. The molecule has 156 valence electrons. The highest BCUT2D eigenvalue weighted by atomic mass is 16.2. The third-order valence-corrected chi connectivity index (χ3v) is 7.07. The summed E-state index contributed by atoms with van der Waals surface area (Å²) in [5.41, 5.74) is 1.32.